The number of amides is 1. The molecule has 5 nitrogen and oxygen atoms in total. The molecule has 0 N–H and O–H groups in total. The van der Waals surface area contributed by atoms with Gasteiger partial charge in [0.2, 0.25) is 0 Å². The highest BCUT2D eigenvalue weighted by molar-refractivity contribution is 6.30. The number of piperazine rings is 1. The van der Waals surface area contributed by atoms with Crippen LogP contribution in [-0.4, -0.2) is 68.6 Å². The Hall–Kier alpha value is -2.08. The fraction of sp³-hybridized carbons (Fsp3) is 0.435. The van der Waals surface area contributed by atoms with Gasteiger partial charge in [-0.15, -0.1) is 0 Å². The van der Waals surface area contributed by atoms with E-state index >= 15 is 0 Å². The maximum absolute atomic E-state index is 12.8. The molecule has 0 aliphatic carbocycles. The van der Waals surface area contributed by atoms with Crippen LogP contribution in [0.15, 0.2) is 42.5 Å². The lowest BCUT2D eigenvalue weighted by atomic mass is 10.00. The number of hydrogen-bond acceptors (Lipinski definition) is 4. The van der Waals surface area contributed by atoms with Gasteiger partial charge >= 0.3 is 0 Å². The van der Waals surface area contributed by atoms with E-state index in [1.54, 1.807) is 0 Å². The van der Waals surface area contributed by atoms with Crippen molar-refractivity contribution >= 4 is 23.2 Å². The summed E-state index contributed by atoms with van der Waals surface area (Å²) < 4.78 is 5.48. The zero-order chi connectivity index (χ0) is 20.2. The predicted molar refractivity (Wildman–Crippen MR) is 117 cm³/mol. The van der Waals surface area contributed by atoms with Crippen molar-refractivity contribution < 1.29 is 9.53 Å². The van der Waals surface area contributed by atoms with Crippen molar-refractivity contribution in [3.05, 3.63) is 64.2 Å². The molecule has 0 aromatic heterocycles. The first-order valence-electron chi connectivity index (χ1n) is 10.3. The summed E-state index contributed by atoms with van der Waals surface area (Å²) in [7, 11) is 1.90. The molecular weight excluding hydrogens is 386 g/mol. The Morgan fingerprint density at radius 1 is 1.07 bits per heavy atom. The molecule has 1 fully saturated rings. The van der Waals surface area contributed by atoms with Crippen LogP contribution < -0.4 is 4.90 Å². The van der Waals surface area contributed by atoms with Gasteiger partial charge in [0.05, 0.1) is 13.2 Å². The minimum Gasteiger partial charge on any atom is -0.376 e. The van der Waals surface area contributed by atoms with Gasteiger partial charge in [-0.1, -0.05) is 17.7 Å². The number of carbonyl (C=O) groups excluding carboxylic acids is 1. The molecule has 0 spiro atoms. The van der Waals surface area contributed by atoms with Crippen molar-refractivity contribution in [3.8, 4) is 0 Å². The number of carbonyl (C=O) groups is 1. The molecule has 2 aromatic rings. The minimum absolute atomic E-state index is 0.0964. The highest BCUT2D eigenvalue weighted by atomic mass is 35.5. The maximum atomic E-state index is 12.8. The quantitative estimate of drug-likeness (QED) is 0.753. The van der Waals surface area contributed by atoms with Gasteiger partial charge in [-0.25, -0.2) is 0 Å². The van der Waals surface area contributed by atoms with E-state index in [0.29, 0.717) is 6.61 Å². The fourth-order valence-corrected chi connectivity index (χ4v) is 4.12. The second-order valence-electron chi connectivity index (χ2n) is 7.82. The monoisotopic (exact) mass is 413 g/mol. The molecule has 1 amide bonds. The zero-order valence-corrected chi connectivity index (χ0v) is 17.7. The number of anilines is 1. The summed E-state index contributed by atoms with van der Waals surface area (Å²) >= 11 is 5.98. The molecular formula is C23H28ClN3O2. The Kier molecular flexibility index (Phi) is 6.38. The zero-order valence-electron chi connectivity index (χ0n) is 16.9. The Labute approximate surface area is 177 Å². The van der Waals surface area contributed by atoms with Gasteiger partial charge in [0.25, 0.3) is 5.91 Å². The smallest absolute Gasteiger partial charge is 0.253 e. The minimum atomic E-state index is 0.0964. The third-order valence-electron chi connectivity index (χ3n) is 5.89. The molecule has 154 valence electrons. The first kappa shape index (κ1) is 20.2. The Balaban J connectivity index is 1.26. The number of nitrogens with zero attached hydrogens (tertiary/aromatic N) is 3. The molecule has 2 aromatic carbocycles. The Bertz CT molecular complexity index is 848. The number of likely N-dealkylation sites (N-methyl/N-ethyl adjacent to an activating group) is 1. The third kappa shape index (κ3) is 4.92. The lowest BCUT2D eigenvalue weighted by Crippen LogP contribution is -2.48. The van der Waals surface area contributed by atoms with Crippen LogP contribution >= 0.6 is 11.6 Å². The normalized spacial score (nSPS) is 17.1. The number of benzene rings is 2. The predicted octanol–water partition coefficient (Wildman–Crippen LogP) is 3.31. The van der Waals surface area contributed by atoms with Crippen LogP contribution in [-0.2, 0) is 17.8 Å². The van der Waals surface area contributed by atoms with E-state index in [0.717, 1.165) is 62.9 Å². The maximum Gasteiger partial charge on any atom is 0.253 e. The van der Waals surface area contributed by atoms with E-state index in [1.807, 2.05) is 42.3 Å². The summed E-state index contributed by atoms with van der Waals surface area (Å²) in [5, 5.41) is 0.771. The van der Waals surface area contributed by atoms with Crippen LogP contribution in [0, 0.1) is 0 Å². The topological polar surface area (TPSA) is 36.0 Å². The van der Waals surface area contributed by atoms with Gasteiger partial charge in [0.1, 0.15) is 0 Å². The first-order valence-corrected chi connectivity index (χ1v) is 10.7. The number of hydrogen-bond donors (Lipinski definition) is 0. The van der Waals surface area contributed by atoms with Crippen LogP contribution in [0.4, 0.5) is 5.69 Å². The average molecular weight is 414 g/mol. The van der Waals surface area contributed by atoms with Crippen molar-refractivity contribution in [2.75, 3.05) is 57.8 Å². The second kappa shape index (κ2) is 9.16. The summed E-state index contributed by atoms with van der Waals surface area (Å²) in [5.74, 6) is 0.0964. The number of ether oxygens (including phenoxy) is 1. The Morgan fingerprint density at radius 3 is 2.59 bits per heavy atom. The van der Waals surface area contributed by atoms with Crippen LogP contribution in [0.25, 0.3) is 0 Å². The van der Waals surface area contributed by atoms with Crippen molar-refractivity contribution in [2.24, 2.45) is 0 Å². The molecule has 6 heteroatoms. The highest BCUT2D eigenvalue weighted by Crippen LogP contribution is 2.20. The largest absolute Gasteiger partial charge is 0.376 e. The molecule has 0 bridgehead atoms. The molecule has 0 radical (unpaired) electrons. The molecule has 2 heterocycles. The first-order chi connectivity index (χ1) is 14.1. The lowest BCUT2D eigenvalue weighted by Gasteiger charge is -2.36. The van der Waals surface area contributed by atoms with Crippen molar-refractivity contribution in [2.45, 2.75) is 13.0 Å². The van der Waals surface area contributed by atoms with Gasteiger partial charge in [-0.2, -0.15) is 0 Å². The second-order valence-corrected chi connectivity index (χ2v) is 8.25. The number of halogens is 1. The van der Waals surface area contributed by atoms with Crippen LogP contribution in [0.2, 0.25) is 5.02 Å². The van der Waals surface area contributed by atoms with E-state index < -0.39 is 0 Å². The molecule has 29 heavy (non-hydrogen) atoms. The van der Waals surface area contributed by atoms with E-state index in [9.17, 15) is 4.79 Å². The molecule has 0 unspecified atom stereocenters. The van der Waals surface area contributed by atoms with E-state index in [1.165, 1.54) is 16.8 Å². The fourth-order valence-electron chi connectivity index (χ4n) is 3.99. The summed E-state index contributed by atoms with van der Waals surface area (Å²) in [4.78, 5) is 19.5. The van der Waals surface area contributed by atoms with Gasteiger partial charge in [0.15, 0.2) is 0 Å². The summed E-state index contributed by atoms with van der Waals surface area (Å²) in [6.45, 7) is 7.02. The van der Waals surface area contributed by atoms with Gasteiger partial charge in [-0.3, -0.25) is 9.69 Å². The third-order valence-corrected chi connectivity index (χ3v) is 6.14. The van der Waals surface area contributed by atoms with Gasteiger partial charge in [0, 0.05) is 62.6 Å². The molecule has 0 saturated carbocycles. The van der Waals surface area contributed by atoms with Crippen LogP contribution in [0.3, 0.4) is 0 Å². The van der Waals surface area contributed by atoms with E-state index in [2.05, 4.69) is 21.9 Å². The molecule has 2 aliphatic heterocycles. The van der Waals surface area contributed by atoms with Crippen molar-refractivity contribution in [1.29, 1.82) is 0 Å². The lowest BCUT2D eigenvalue weighted by molar-refractivity contribution is 0.0775. The van der Waals surface area contributed by atoms with Crippen molar-refractivity contribution in [3.63, 3.8) is 0 Å². The summed E-state index contributed by atoms with van der Waals surface area (Å²) in [5.41, 5.74) is 4.45. The van der Waals surface area contributed by atoms with Gasteiger partial charge < -0.3 is 14.5 Å². The van der Waals surface area contributed by atoms with Crippen molar-refractivity contribution in [1.82, 2.24) is 9.80 Å². The molecule has 0 atom stereocenters. The van der Waals surface area contributed by atoms with E-state index in [-0.39, 0.29) is 5.91 Å². The molecule has 4 rings (SSSR count). The Morgan fingerprint density at radius 2 is 1.83 bits per heavy atom. The standard InChI is InChI=1S/C23H28ClN3O2/c1-25(23(28)19-2-3-20-17-29-15-8-18(20)16-19)9-10-26-11-13-27(14-12-26)22-6-4-21(24)5-7-22/h2-7,16H,8-15,17H2,1H3. The number of rotatable bonds is 5. The van der Waals surface area contributed by atoms with Crippen LogP contribution in [0.5, 0.6) is 0 Å². The SMILES string of the molecule is CN(CCN1CCN(c2ccc(Cl)cc2)CC1)C(=O)c1ccc2c(c1)CCOC2. The number of fused-ring (bicyclic) bond motifs is 1. The average Bonchev–Trinajstić information content (AvgIpc) is 2.77. The summed E-state index contributed by atoms with van der Waals surface area (Å²) in [6, 6.07) is 14.0. The molecule has 2 aliphatic rings. The van der Waals surface area contributed by atoms with Gasteiger partial charge in [-0.05, 0) is 53.9 Å². The van der Waals surface area contributed by atoms with Crippen LogP contribution in [0.1, 0.15) is 21.5 Å². The highest BCUT2D eigenvalue weighted by Gasteiger charge is 2.20. The van der Waals surface area contributed by atoms with E-state index in [4.69, 9.17) is 16.3 Å². The summed E-state index contributed by atoms with van der Waals surface area (Å²) in [6.07, 6.45) is 0.887. The molecule has 1 saturated heterocycles.